The molecule has 0 bridgehead atoms. The van der Waals surface area contributed by atoms with Gasteiger partial charge in [-0.25, -0.2) is 4.98 Å². The van der Waals surface area contributed by atoms with E-state index >= 15 is 0 Å². The minimum absolute atomic E-state index is 0.664. The number of nitrogens with zero attached hydrogens (tertiary/aromatic N) is 2. The van der Waals surface area contributed by atoms with Crippen LogP contribution >= 0.6 is 11.6 Å². The van der Waals surface area contributed by atoms with Crippen molar-refractivity contribution in [2.24, 2.45) is 0 Å². The molecule has 0 fully saturated rings. The first kappa shape index (κ1) is 11.9. The number of anilines is 1. The SMILES string of the molecule is Cc1ccc(CN(C)c2ccc(Cl)cn2)cc1. The Hall–Kier alpha value is -1.54. The Morgan fingerprint density at radius 3 is 2.41 bits per heavy atom. The van der Waals surface area contributed by atoms with Gasteiger partial charge >= 0.3 is 0 Å². The minimum Gasteiger partial charge on any atom is -0.355 e. The number of aryl methyl sites for hydroxylation is 1. The van der Waals surface area contributed by atoms with Crippen LogP contribution in [0.5, 0.6) is 0 Å². The molecule has 0 saturated carbocycles. The van der Waals surface area contributed by atoms with E-state index in [1.165, 1.54) is 11.1 Å². The molecule has 2 rings (SSSR count). The second-order valence-electron chi connectivity index (χ2n) is 4.18. The van der Waals surface area contributed by atoms with Gasteiger partial charge in [0.05, 0.1) is 5.02 Å². The van der Waals surface area contributed by atoms with Crippen LogP contribution in [0.3, 0.4) is 0 Å². The molecule has 1 aromatic heterocycles. The molecule has 2 aromatic rings. The lowest BCUT2D eigenvalue weighted by molar-refractivity contribution is 0.897. The minimum atomic E-state index is 0.664. The fraction of sp³-hybridized carbons (Fsp3) is 0.214. The van der Waals surface area contributed by atoms with E-state index in [1.54, 1.807) is 6.20 Å². The molecule has 0 aliphatic rings. The number of halogens is 1. The molecule has 0 spiro atoms. The molecule has 88 valence electrons. The zero-order valence-electron chi connectivity index (χ0n) is 10.0. The van der Waals surface area contributed by atoms with Gasteiger partial charge in [0.1, 0.15) is 5.82 Å². The van der Waals surface area contributed by atoms with Crippen LogP contribution in [-0.2, 0) is 6.54 Å². The summed E-state index contributed by atoms with van der Waals surface area (Å²) in [5, 5.41) is 0.664. The Morgan fingerprint density at radius 1 is 1.12 bits per heavy atom. The topological polar surface area (TPSA) is 16.1 Å². The molecule has 0 saturated heterocycles. The average Bonchev–Trinajstić information content (AvgIpc) is 2.33. The summed E-state index contributed by atoms with van der Waals surface area (Å²) in [6.45, 7) is 2.93. The van der Waals surface area contributed by atoms with Crippen molar-refractivity contribution in [1.29, 1.82) is 0 Å². The first-order chi connectivity index (χ1) is 8.15. The third-order valence-corrected chi connectivity index (χ3v) is 2.87. The summed E-state index contributed by atoms with van der Waals surface area (Å²) in [4.78, 5) is 6.38. The number of benzene rings is 1. The predicted molar refractivity (Wildman–Crippen MR) is 72.5 cm³/mol. The van der Waals surface area contributed by atoms with Crippen LogP contribution in [0, 0.1) is 6.92 Å². The summed E-state index contributed by atoms with van der Waals surface area (Å²) in [5.41, 5.74) is 2.55. The number of aromatic nitrogens is 1. The van der Waals surface area contributed by atoms with Gasteiger partial charge in [-0.2, -0.15) is 0 Å². The Kier molecular flexibility index (Phi) is 3.64. The number of rotatable bonds is 3. The third kappa shape index (κ3) is 3.21. The standard InChI is InChI=1S/C14H15ClN2/c1-11-3-5-12(6-4-11)10-17(2)14-8-7-13(15)9-16-14/h3-9H,10H2,1-2H3. The maximum absolute atomic E-state index is 5.81. The summed E-state index contributed by atoms with van der Waals surface area (Å²) >= 11 is 5.81. The van der Waals surface area contributed by atoms with Gasteiger partial charge in [0.25, 0.3) is 0 Å². The molecule has 17 heavy (non-hydrogen) atoms. The second-order valence-corrected chi connectivity index (χ2v) is 4.61. The molecule has 0 radical (unpaired) electrons. The van der Waals surface area contributed by atoms with Gasteiger partial charge < -0.3 is 4.90 Å². The number of pyridine rings is 1. The van der Waals surface area contributed by atoms with Gasteiger partial charge in [0, 0.05) is 19.8 Å². The van der Waals surface area contributed by atoms with Crippen LogP contribution < -0.4 is 4.90 Å². The Morgan fingerprint density at radius 2 is 1.82 bits per heavy atom. The Balaban J connectivity index is 2.08. The molecule has 0 atom stereocenters. The van der Waals surface area contributed by atoms with Crippen LogP contribution in [0.1, 0.15) is 11.1 Å². The van der Waals surface area contributed by atoms with Crippen molar-refractivity contribution in [1.82, 2.24) is 4.98 Å². The lowest BCUT2D eigenvalue weighted by Crippen LogP contribution is -2.17. The maximum atomic E-state index is 5.81. The monoisotopic (exact) mass is 246 g/mol. The zero-order chi connectivity index (χ0) is 12.3. The Labute approximate surface area is 107 Å². The van der Waals surface area contributed by atoms with Crippen LogP contribution in [0.4, 0.5) is 5.82 Å². The molecule has 0 aliphatic carbocycles. The summed E-state index contributed by atoms with van der Waals surface area (Å²) < 4.78 is 0. The second kappa shape index (κ2) is 5.19. The van der Waals surface area contributed by atoms with E-state index in [4.69, 9.17) is 11.6 Å². The molecule has 1 aromatic carbocycles. The first-order valence-corrected chi connectivity index (χ1v) is 5.91. The fourth-order valence-electron chi connectivity index (χ4n) is 1.64. The average molecular weight is 247 g/mol. The molecule has 0 amide bonds. The van der Waals surface area contributed by atoms with Crippen LogP contribution in [-0.4, -0.2) is 12.0 Å². The highest BCUT2D eigenvalue weighted by molar-refractivity contribution is 6.30. The maximum Gasteiger partial charge on any atom is 0.128 e. The highest BCUT2D eigenvalue weighted by Crippen LogP contribution is 2.15. The zero-order valence-corrected chi connectivity index (χ0v) is 10.8. The molecular formula is C14H15ClN2. The van der Waals surface area contributed by atoms with Gasteiger partial charge in [-0.3, -0.25) is 0 Å². The van der Waals surface area contributed by atoms with Gasteiger partial charge in [0.2, 0.25) is 0 Å². The number of hydrogen-bond acceptors (Lipinski definition) is 2. The van der Waals surface area contributed by atoms with E-state index in [2.05, 4.69) is 41.1 Å². The molecule has 3 heteroatoms. The van der Waals surface area contributed by atoms with Crippen molar-refractivity contribution in [3.63, 3.8) is 0 Å². The highest BCUT2D eigenvalue weighted by atomic mass is 35.5. The van der Waals surface area contributed by atoms with Crippen LogP contribution in [0.25, 0.3) is 0 Å². The van der Waals surface area contributed by atoms with Crippen molar-refractivity contribution in [3.8, 4) is 0 Å². The molecular weight excluding hydrogens is 232 g/mol. The lowest BCUT2D eigenvalue weighted by Gasteiger charge is -2.18. The van der Waals surface area contributed by atoms with Gasteiger partial charge in [-0.1, -0.05) is 41.4 Å². The summed E-state index contributed by atoms with van der Waals surface area (Å²) in [7, 11) is 2.02. The van der Waals surface area contributed by atoms with E-state index in [0.29, 0.717) is 5.02 Å². The van der Waals surface area contributed by atoms with Crippen molar-refractivity contribution in [2.45, 2.75) is 13.5 Å². The quantitative estimate of drug-likeness (QED) is 0.821. The van der Waals surface area contributed by atoms with Gasteiger partial charge in [-0.15, -0.1) is 0 Å². The third-order valence-electron chi connectivity index (χ3n) is 2.64. The first-order valence-electron chi connectivity index (χ1n) is 5.53. The molecule has 2 nitrogen and oxygen atoms in total. The molecule has 1 heterocycles. The normalized spacial score (nSPS) is 10.3. The van der Waals surface area contributed by atoms with Crippen molar-refractivity contribution in [3.05, 3.63) is 58.7 Å². The fourth-order valence-corrected chi connectivity index (χ4v) is 1.75. The smallest absolute Gasteiger partial charge is 0.128 e. The summed E-state index contributed by atoms with van der Waals surface area (Å²) in [5.74, 6) is 0.926. The van der Waals surface area contributed by atoms with Crippen molar-refractivity contribution in [2.75, 3.05) is 11.9 Å². The molecule has 0 N–H and O–H groups in total. The summed E-state index contributed by atoms with van der Waals surface area (Å²) in [6, 6.07) is 12.3. The van der Waals surface area contributed by atoms with Gasteiger partial charge in [0.15, 0.2) is 0 Å². The van der Waals surface area contributed by atoms with Crippen LogP contribution in [0.15, 0.2) is 42.6 Å². The summed E-state index contributed by atoms with van der Waals surface area (Å²) in [6.07, 6.45) is 1.67. The van der Waals surface area contributed by atoms with E-state index in [1.807, 2.05) is 19.2 Å². The lowest BCUT2D eigenvalue weighted by atomic mass is 10.1. The van der Waals surface area contributed by atoms with Crippen molar-refractivity contribution < 1.29 is 0 Å². The number of hydrogen-bond donors (Lipinski definition) is 0. The van der Waals surface area contributed by atoms with Gasteiger partial charge in [-0.05, 0) is 24.6 Å². The van der Waals surface area contributed by atoms with E-state index < -0.39 is 0 Å². The molecule has 0 unspecified atom stereocenters. The van der Waals surface area contributed by atoms with Crippen molar-refractivity contribution >= 4 is 17.4 Å². The highest BCUT2D eigenvalue weighted by Gasteiger charge is 2.03. The largest absolute Gasteiger partial charge is 0.355 e. The van der Waals surface area contributed by atoms with Crippen LogP contribution in [0.2, 0.25) is 5.02 Å². The van der Waals surface area contributed by atoms with E-state index in [0.717, 1.165) is 12.4 Å². The van der Waals surface area contributed by atoms with E-state index in [9.17, 15) is 0 Å². The Bertz CT molecular complexity index is 477. The van der Waals surface area contributed by atoms with E-state index in [-0.39, 0.29) is 0 Å². The molecule has 0 aliphatic heterocycles. The predicted octanol–water partition coefficient (Wildman–Crippen LogP) is 3.68.